The molecule has 94 valence electrons. The van der Waals surface area contributed by atoms with Crippen molar-refractivity contribution in [3.05, 3.63) is 28.7 Å². The summed E-state index contributed by atoms with van der Waals surface area (Å²) in [7, 11) is 0. The van der Waals surface area contributed by atoms with Gasteiger partial charge in [0.05, 0.1) is 5.41 Å². The predicted molar refractivity (Wildman–Crippen MR) is 75.5 cm³/mol. The Morgan fingerprint density at radius 3 is 2.65 bits per heavy atom. The molecule has 0 unspecified atom stereocenters. The van der Waals surface area contributed by atoms with Crippen LogP contribution in [0.3, 0.4) is 0 Å². The third kappa shape index (κ3) is 4.72. The van der Waals surface area contributed by atoms with Crippen LogP contribution in [0.25, 0.3) is 0 Å². The van der Waals surface area contributed by atoms with E-state index in [-0.39, 0.29) is 0 Å². The van der Waals surface area contributed by atoms with Crippen LogP contribution in [0, 0.1) is 5.41 Å². The Labute approximate surface area is 115 Å². The van der Waals surface area contributed by atoms with E-state index in [2.05, 4.69) is 22.0 Å². The lowest BCUT2D eigenvalue weighted by molar-refractivity contribution is -0.147. The van der Waals surface area contributed by atoms with Crippen LogP contribution in [0.1, 0.15) is 26.7 Å². The van der Waals surface area contributed by atoms with Crippen LogP contribution in [0.4, 0.5) is 0 Å². The molecule has 0 saturated heterocycles. The molecule has 0 heterocycles. The lowest BCUT2D eigenvalue weighted by Crippen LogP contribution is -2.23. The van der Waals surface area contributed by atoms with Crippen molar-refractivity contribution >= 4 is 33.7 Å². The second-order valence-corrected chi connectivity index (χ2v) is 6.56. The molecular formula is C13H17BrO2S. The van der Waals surface area contributed by atoms with Crippen molar-refractivity contribution in [2.75, 3.05) is 5.75 Å². The van der Waals surface area contributed by atoms with Gasteiger partial charge in [0.25, 0.3) is 0 Å². The van der Waals surface area contributed by atoms with Gasteiger partial charge >= 0.3 is 5.97 Å². The molecule has 0 aliphatic rings. The number of aliphatic carboxylic acids is 1. The summed E-state index contributed by atoms with van der Waals surface area (Å²) in [6, 6.07) is 8.08. The molecule has 0 bridgehead atoms. The van der Waals surface area contributed by atoms with Gasteiger partial charge in [-0.05, 0) is 60.5 Å². The maximum atomic E-state index is 10.9. The molecule has 0 radical (unpaired) electrons. The van der Waals surface area contributed by atoms with E-state index in [0.717, 1.165) is 16.6 Å². The summed E-state index contributed by atoms with van der Waals surface area (Å²) in [5, 5.41) is 8.99. The van der Waals surface area contributed by atoms with Crippen LogP contribution in [-0.4, -0.2) is 16.8 Å². The van der Waals surface area contributed by atoms with Gasteiger partial charge in [-0.15, -0.1) is 11.8 Å². The summed E-state index contributed by atoms with van der Waals surface area (Å²) in [4.78, 5) is 12.1. The van der Waals surface area contributed by atoms with E-state index < -0.39 is 11.4 Å². The van der Waals surface area contributed by atoms with E-state index in [4.69, 9.17) is 5.11 Å². The first-order chi connectivity index (χ1) is 7.93. The van der Waals surface area contributed by atoms with E-state index in [1.807, 2.05) is 18.2 Å². The van der Waals surface area contributed by atoms with Crippen LogP contribution < -0.4 is 0 Å². The summed E-state index contributed by atoms with van der Waals surface area (Å²) in [5.41, 5.74) is -0.617. The lowest BCUT2D eigenvalue weighted by atomic mass is 9.88. The van der Waals surface area contributed by atoms with Crippen molar-refractivity contribution in [1.29, 1.82) is 0 Å². The van der Waals surface area contributed by atoms with Crippen molar-refractivity contribution < 1.29 is 9.90 Å². The first-order valence-electron chi connectivity index (χ1n) is 5.54. The molecule has 0 amide bonds. The number of benzene rings is 1. The van der Waals surface area contributed by atoms with E-state index in [0.29, 0.717) is 6.42 Å². The first-order valence-corrected chi connectivity index (χ1v) is 7.32. The van der Waals surface area contributed by atoms with Crippen LogP contribution >= 0.6 is 27.7 Å². The number of carboxylic acid groups (broad SMARTS) is 1. The van der Waals surface area contributed by atoms with Crippen LogP contribution in [0.5, 0.6) is 0 Å². The molecule has 0 atom stereocenters. The lowest BCUT2D eigenvalue weighted by Gasteiger charge is -2.18. The fourth-order valence-corrected chi connectivity index (χ4v) is 2.88. The van der Waals surface area contributed by atoms with Gasteiger partial charge in [0.2, 0.25) is 0 Å². The third-order valence-electron chi connectivity index (χ3n) is 2.62. The van der Waals surface area contributed by atoms with Gasteiger partial charge < -0.3 is 5.11 Å². The average molecular weight is 317 g/mol. The molecule has 0 aliphatic carbocycles. The van der Waals surface area contributed by atoms with Gasteiger partial charge in [-0.1, -0.05) is 12.1 Å². The predicted octanol–water partition coefficient (Wildman–Crippen LogP) is 4.43. The van der Waals surface area contributed by atoms with E-state index >= 15 is 0 Å². The van der Waals surface area contributed by atoms with Gasteiger partial charge in [0.15, 0.2) is 0 Å². The number of halogens is 1. The minimum atomic E-state index is -0.719. The van der Waals surface area contributed by atoms with Crippen molar-refractivity contribution in [3.8, 4) is 0 Å². The van der Waals surface area contributed by atoms with Gasteiger partial charge in [-0.25, -0.2) is 0 Å². The average Bonchev–Trinajstić information content (AvgIpc) is 2.26. The molecule has 1 aromatic carbocycles. The second-order valence-electron chi connectivity index (χ2n) is 4.57. The Morgan fingerprint density at radius 1 is 1.41 bits per heavy atom. The molecule has 1 rings (SSSR count). The van der Waals surface area contributed by atoms with Gasteiger partial charge in [-0.3, -0.25) is 4.79 Å². The maximum absolute atomic E-state index is 10.9. The first kappa shape index (κ1) is 14.6. The topological polar surface area (TPSA) is 37.3 Å². The monoisotopic (exact) mass is 316 g/mol. The van der Waals surface area contributed by atoms with Crippen molar-refractivity contribution in [3.63, 3.8) is 0 Å². The molecule has 0 fully saturated rings. The number of carbonyl (C=O) groups is 1. The largest absolute Gasteiger partial charge is 0.481 e. The molecule has 1 aromatic rings. The Morgan fingerprint density at radius 2 is 2.06 bits per heavy atom. The van der Waals surface area contributed by atoms with Crippen molar-refractivity contribution in [1.82, 2.24) is 0 Å². The Kier molecular flexibility index (Phi) is 5.53. The van der Waals surface area contributed by atoms with Crippen LogP contribution in [-0.2, 0) is 4.79 Å². The van der Waals surface area contributed by atoms with E-state index in [1.54, 1.807) is 25.6 Å². The van der Waals surface area contributed by atoms with Crippen molar-refractivity contribution in [2.45, 2.75) is 31.6 Å². The summed E-state index contributed by atoms with van der Waals surface area (Å²) in [6.07, 6.45) is 1.62. The highest BCUT2D eigenvalue weighted by Crippen LogP contribution is 2.29. The zero-order valence-electron chi connectivity index (χ0n) is 10.1. The van der Waals surface area contributed by atoms with Crippen molar-refractivity contribution in [2.24, 2.45) is 5.41 Å². The Hall–Kier alpha value is -0.480. The van der Waals surface area contributed by atoms with Crippen LogP contribution in [0.15, 0.2) is 33.6 Å². The summed E-state index contributed by atoms with van der Waals surface area (Å²) < 4.78 is 1.10. The minimum Gasteiger partial charge on any atom is -0.481 e. The molecule has 4 heteroatoms. The molecule has 0 aliphatic heterocycles. The summed E-state index contributed by atoms with van der Waals surface area (Å²) >= 11 is 5.26. The zero-order chi connectivity index (χ0) is 12.9. The quantitative estimate of drug-likeness (QED) is 0.623. The molecular weight excluding hydrogens is 300 g/mol. The minimum absolute atomic E-state index is 0.617. The van der Waals surface area contributed by atoms with E-state index in [9.17, 15) is 4.79 Å². The summed E-state index contributed by atoms with van der Waals surface area (Å²) in [6.45, 7) is 3.55. The number of thioether (sulfide) groups is 1. The summed E-state index contributed by atoms with van der Waals surface area (Å²) in [5.74, 6) is 0.225. The normalized spacial score (nSPS) is 11.5. The van der Waals surface area contributed by atoms with Crippen LogP contribution in [0.2, 0.25) is 0 Å². The Bertz CT molecular complexity index is 391. The highest BCUT2D eigenvalue weighted by Gasteiger charge is 2.26. The number of hydrogen-bond donors (Lipinski definition) is 1. The maximum Gasteiger partial charge on any atom is 0.309 e. The molecule has 2 nitrogen and oxygen atoms in total. The number of hydrogen-bond acceptors (Lipinski definition) is 2. The van der Waals surface area contributed by atoms with Gasteiger partial charge in [0.1, 0.15) is 0 Å². The molecule has 0 aromatic heterocycles. The number of rotatable bonds is 6. The fourth-order valence-electron chi connectivity index (χ4n) is 1.36. The molecule has 0 saturated carbocycles. The van der Waals surface area contributed by atoms with E-state index in [1.165, 1.54) is 4.90 Å². The second kappa shape index (κ2) is 6.45. The van der Waals surface area contributed by atoms with Gasteiger partial charge in [-0.2, -0.15) is 0 Å². The smallest absolute Gasteiger partial charge is 0.309 e. The molecule has 17 heavy (non-hydrogen) atoms. The SMILES string of the molecule is CC(C)(CCCSc1ccccc1Br)C(=O)O. The van der Waals surface area contributed by atoms with Gasteiger partial charge in [0, 0.05) is 9.37 Å². The zero-order valence-corrected chi connectivity index (χ0v) is 12.5. The fraction of sp³-hybridized carbons (Fsp3) is 0.462. The Balaban J connectivity index is 2.35. The molecule has 0 spiro atoms. The highest BCUT2D eigenvalue weighted by molar-refractivity contribution is 9.10. The number of carboxylic acids is 1. The highest BCUT2D eigenvalue weighted by atomic mass is 79.9. The third-order valence-corrected chi connectivity index (χ3v) is 4.73. The standard InChI is InChI=1S/C13H17BrO2S/c1-13(2,12(15)16)8-5-9-17-11-7-4-3-6-10(11)14/h3-4,6-7H,5,8-9H2,1-2H3,(H,15,16). The molecule has 1 N–H and O–H groups in total.